The van der Waals surface area contributed by atoms with Gasteiger partial charge in [0.1, 0.15) is 5.75 Å². The van der Waals surface area contributed by atoms with Crippen LogP contribution in [-0.4, -0.2) is 20.1 Å². The zero-order chi connectivity index (χ0) is 14.0. The molecule has 1 atom stereocenters. The minimum atomic E-state index is -3.13. The third kappa shape index (κ3) is 3.81. The fraction of sp³-hybridized carbons (Fsp3) is 0.308. The number of ether oxygens (including phenoxy) is 1. The van der Waals surface area contributed by atoms with Gasteiger partial charge in [-0.25, -0.2) is 8.42 Å². The lowest BCUT2D eigenvalue weighted by Gasteiger charge is -2.08. The first-order valence-electron chi connectivity index (χ1n) is 5.73. The molecule has 6 heteroatoms. The second-order valence-corrected chi connectivity index (χ2v) is 6.85. The number of sulfone groups is 1. The number of hydrogen-bond acceptors (Lipinski definition) is 4. The Morgan fingerprint density at radius 3 is 2.79 bits per heavy atom. The van der Waals surface area contributed by atoms with Gasteiger partial charge in [-0.1, -0.05) is 17.7 Å². The van der Waals surface area contributed by atoms with Crippen molar-refractivity contribution in [1.29, 1.82) is 0 Å². The summed E-state index contributed by atoms with van der Waals surface area (Å²) in [5.41, 5.74) is 0.815. The third-order valence-electron chi connectivity index (χ3n) is 2.79. The van der Waals surface area contributed by atoms with E-state index in [-0.39, 0.29) is 18.1 Å². The highest BCUT2D eigenvalue weighted by Gasteiger charge is 2.24. The zero-order valence-electron chi connectivity index (χ0n) is 10.3. The SMILES string of the molecule is Cc1cc(OC(=O)CC2C=CS(=O)(=O)C2)ccc1Cl. The van der Waals surface area contributed by atoms with Crippen molar-refractivity contribution in [2.45, 2.75) is 13.3 Å². The number of allylic oxidation sites excluding steroid dienone is 1. The molecule has 1 heterocycles. The number of carbonyl (C=O) groups is 1. The molecule has 0 saturated carbocycles. The van der Waals surface area contributed by atoms with Crippen LogP contribution in [0.4, 0.5) is 0 Å². The van der Waals surface area contributed by atoms with Crippen molar-refractivity contribution >= 4 is 27.4 Å². The maximum Gasteiger partial charge on any atom is 0.311 e. The van der Waals surface area contributed by atoms with E-state index >= 15 is 0 Å². The summed E-state index contributed by atoms with van der Waals surface area (Å²) in [6.07, 6.45) is 1.58. The molecular formula is C13H13ClO4S. The number of halogens is 1. The van der Waals surface area contributed by atoms with Crippen LogP contribution >= 0.6 is 11.6 Å². The fourth-order valence-electron chi connectivity index (χ4n) is 1.84. The van der Waals surface area contributed by atoms with Crippen LogP contribution in [0.25, 0.3) is 0 Å². The number of hydrogen-bond donors (Lipinski definition) is 0. The van der Waals surface area contributed by atoms with E-state index in [1.807, 2.05) is 6.92 Å². The molecule has 0 fully saturated rings. The third-order valence-corrected chi connectivity index (χ3v) is 4.68. The Morgan fingerprint density at radius 2 is 2.21 bits per heavy atom. The lowest BCUT2D eigenvalue weighted by Crippen LogP contribution is -2.15. The first kappa shape index (κ1) is 14.1. The molecule has 0 saturated heterocycles. The van der Waals surface area contributed by atoms with Crippen LogP contribution in [0.1, 0.15) is 12.0 Å². The monoisotopic (exact) mass is 300 g/mol. The molecule has 1 aliphatic rings. The molecule has 0 N–H and O–H groups in total. The standard InChI is InChI=1S/C13H13ClO4S/c1-9-6-11(2-3-12(9)14)18-13(15)7-10-4-5-19(16,17)8-10/h2-6,10H,7-8H2,1H3. The quantitative estimate of drug-likeness (QED) is 0.635. The second kappa shape index (κ2) is 5.35. The molecule has 0 aliphatic carbocycles. The molecule has 102 valence electrons. The summed E-state index contributed by atoms with van der Waals surface area (Å²) in [5, 5.41) is 1.75. The minimum absolute atomic E-state index is 0.0260. The number of rotatable bonds is 3. The van der Waals surface area contributed by atoms with E-state index in [1.165, 1.54) is 6.08 Å². The Balaban J connectivity index is 1.95. The number of benzene rings is 1. The van der Waals surface area contributed by atoms with Crippen molar-refractivity contribution in [2.24, 2.45) is 5.92 Å². The molecule has 0 bridgehead atoms. The topological polar surface area (TPSA) is 60.4 Å². The van der Waals surface area contributed by atoms with Crippen molar-refractivity contribution in [1.82, 2.24) is 0 Å². The van der Waals surface area contributed by atoms with Crippen LogP contribution in [0.5, 0.6) is 5.75 Å². The van der Waals surface area contributed by atoms with E-state index in [2.05, 4.69) is 0 Å². The molecular weight excluding hydrogens is 288 g/mol. The highest BCUT2D eigenvalue weighted by atomic mass is 35.5. The Labute approximate surface area is 116 Å². The van der Waals surface area contributed by atoms with E-state index in [0.29, 0.717) is 10.8 Å². The minimum Gasteiger partial charge on any atom is -0.427 e. The molecule has 0 amide bonds. The average molecular weight is 301 g/mol. The smallest absolute Gasteiger partial charge is 0.311 e. The van der Waals surface area contributed by atoms with Crippen molar-refractivity contribution < 1.29 is 17.9 Å². The van der Waals surface area contributed by atoms with E-state index < -0.39 is 15.8 Å². The van der Waals surface area contributed by atoms with Gasteiger partial charge in [-0.2, -0.15) is 0 Å². The van der Waals surface area contributed by atoms with E-state index in [0.717, 1.165) is 11.0 Å². The van der Waals surface area contributed by atoms with Crippen molar-refractivity contribution in [3.63, 3.8) is 0 Å². The van der Waals surface area contributed by atoms with Gasteiger partial charge in [-0.05, 0) is 30.7 Å². The van der Waals surface area contributed by atoms with Crippen molar-refractivity contribution in [2.75, 3.05) is 5.75 Å². The fourth-order valence-corrected chi connectivity index (χ4v) is 3.35. The number of aryl methyl sites for hydroxylation is 1. The maximum atomic E-state index is 11.7. The average Bonchev–Trinajstić information content (AvgIpc) is 2.63. The molecule has 4 nitrogen and oxygen atoms in total. The molecule has 0 spiro atoms. The molecule has 19 heavy (non-hydrogen) atoms. The highest BCUT2D eigenvalue weighted by molar-refractivity contribution is 7.94. The van der Waals surface area contributed by atoms with E-state index in [1.54, 1.807) is 18.2 Å². The Hall–Kier alpha value is -1.33. The first-order chi connectivity index (χ1) is 8.85. The molecule has 2 rings (SSSR count). The molecule has 1 aliphatic heterocycles. The zero-order valence-corrected chi connectivity index (χ0v) is 11.9. The predicted octanol–water partition coefficient (Wildman–Crippen LogP) is 2.50. The summed E-state index contributed by atoms with van der Waals surface area (Å²) >= 11 is 5.87. The summed E-state index contributed by atoms with van der Waals surface area (Å²) in [4.78, 5) is 11.7. The number of carbonyl (C=O) groups excluding carboxylic acids is 1. The number of esters is 1. The van der Waals surface area contributed by atoms with Gasteiger partial charge in [0.2, 0.25) is 0 Å². The van der Waals surface area contributed by atoms with Gasteiger partial charge in [0.15, 0.2) is 9.84 Å². The predicted molar refractivity (Wildman–Crippen MR) is 72.9 cm³/mol. The lowest BCUT2D eigenvalue weighted by atomic mass is 10.1. The van der Waals surface area contributed by atoms with Gasteiger partial charge >= 0.3 is 5.97 Å². The maximum absolute atomic E-state index is 11.7. The van der Waals surface area contributed by atoms with E-state index in [9.17, 15) is 13.2 Å². The largest absolute Gasteiger partial charge is 0.427 e. The van der Waals surface area contributed by atoms with Crippen LogP contribution in [0.3, 0.4) is 0 Å². The molecule has 1 unspecified atom stereocenters. The molecule has 0 aromatic heterocycles. The van der Waals surface area contributed by atoms with Crippen LogP contribution < -0.4 is 4.74 Å². The summed E-state index contributed by atoms with van der Waals surface area (Å²) in [7, 11) is -3.13. The van der Waals surface area contributed by atoms with Gasteiger partial charge in [0.25, 0.3) is 0 Å². The Kier molecular flexibility index (Phi) is 3.96. The Bertz CT molecular complexity index is 634. The van der Waals surface area contributed by atoms with Crippen LogP contribution in [0.15, 0.2) is 29.7 Å². The summed E-state index contributed by atoms with van der Waals surface area (Å²) in [6, 6.07) is 4.93. The van der Waals surface area contributed by atoms with Gasteiger partial charge in [-0.3, -0.25) is 4.79 Å². The second-order valence-electron chi connectivity index (χ2n) is 4.51. The van der Waals surface area contributed by atoms with Gasteiger partial charge in [-0.15, -0.1) is 0 Å². The summed E-state index contributed by atoms with van der Waals surface area (Å²) in [6.45, 7) is 1.81. The van der Waals surface area contributed by atoms with Crippen LogP contribution in [0.2, 0.25) is 5.02 Å². The molecule has 1 aromatic carbocycles. The van der Waals surface area contributed by atoms with E-state index in [4.69, 9.17) is 16.3 Å². The van der Waals surface area contributed by atoms with Crippen molar-refractivity contribution in [3.8, 4) is 5.75 Å². The highest BCUT2D eigenvalue weighted by Crippen LogP contribution is 2.23. The molecule has 1 aromatic rings. The summed E-state index contributed by atoms with van der Waals surface area (Å²) in [5.74, 6) is -0.363. The summed E-state index contributed by atoms with van der Waals surface area (Å²) < 4.78 is 27.6. The van der Waals surface area contributed by atoms with Gasteiger partial charge in [0, 0.05) is 16.3 Å². The van der Waals surface area contributed by atoms with Gasteiger partial charge in [0.05, 0.1) is 12.2 Å². The molecule has 0 radical (unpaired) electrons. The first-order valence-corrected chi connectivity index (χ1v) is 7.83. The normalized spacial score (nSPS) is 20.4. The van der Waals surface area contributed by atoms with Crippen LogP contribution in [0, 0.1) is 12.8 Å². The lowest BCUT2D eigenvalue weighted by molar-refractivity contribution is -0.134. The van der Waals surface area contributed by atoms with Crippen LogP contribution in [-0.2, 0) is 14.6 Å². The van der Waals surface area contributed by atoms with Crippen molar-refractivity contribution in [3.05, 3.63) is 40.3 Å². The Morgan fingerprint density at radius 1 is 1.47 bits per heavy atom. The van der Waals surface area contributed by atoms with Gasteiger partial charge < -0.3 is 4.74 Å².